The first-order chi connectivity index (χ1) is 12.3. The van der Waals surface area contributed by atoms with Gasteiger partial charge in [-0.3, -0.25) is 14.4 Å². The fraction of sp³-hybridized carbons (Fsp3) is 0.294. The number of hydrogen-bond donors (Lipinski definition) is 4. The predicted octanol–water partition coefficient (Wildman–Crippen LogP) is 1.34. The molecule has 0 atom stereocenters. The van der Waals surface area contributed by atoms with Gasteiger partial charge in [-0.15, -0.1) is 0 Å². The van der Waals surface area contributed by atoms with Crippen molar-refractivity contribution in [2.75, 3.05) is 17.2 Å². The molecule has 9 heteroatoms. The first kappa shape index (κ1) is 19.0. The van der Waals surface area contributed by atoms with Gasteiger partial charge >= 0.3 is 0 Å². The fourth-order valence-corrected chi connectivity index (χ4v) is 2.45. The van der Waals surface area contributed by atoms with Gasteiger partial charge in [0.25, 0.3) is 11.8 Å². The largest absolute Gasteiger partial charge is 0.350 e. The van der Waals surface area contributed by atoms with Crippen LogP contribution in [-0.4, -0.2) is 39.6 Å². The van der Waals surface area contributed by atoms with Crippen LogP contribution < -0.4 is 16.0 Å². The van der Waals surface area contributed by atoms with Crippen LogP contribution in [0.25, 0.3) is 0 Å². The van der Waals surface area contributed by atoms with Crippen molar-refractivity contribution < 1.29 is 14.4 Å². The Morgan fingerprint density at radius 2 is 1.65 bits per heavy atom. The second-order valence-electron chi connectivity index (χ2n) is 5.95. The van der Waals surface area contributed by atoms with Crippen molar-refractivity contribution in [1.82, 2.24) is 14.5 Å². The van der Waals surface area contributed by atoms with Crippen LogP contribution in [0.1, 0.15) is 34.3 Å². The van der Waals surface area contributed by atoms with Gasteiger partial charge in [-0.1, -0.05) is 0 Å². The zero-order valence-corrected chi connectivity index (χ0v) is 14.9. The molecule has 138 valence electrons. The van der Waals surface area contributed by atoms with Crippen molar-refractivity contribution in [3.8, 4) is 0 Å². The van der Waals surface area contributed by atoms with Gasteiger partial charge in [0.15, 0.2) is 0 Å². The first-order valence-corrected chi connectivity index (χ1v) is 7.98. The van der Waals surface area contributed by atoms with Crippen LogP contribution in [0.5, 0.6) is 0 Å². The maximum absolute atomic E-state index is 12.4. The quantitative estimate of drug-likeness (QED) is 0.421. The molecule has 0 fully saturated rings. The second-order valence-corrected chi connectivity index (χ2v) is 5.95. The summed E-state index contributed by atoms with van der Waals surface area (Å²) in [5.41, 5.74) is 2.26. The van der Waals surface area contributed by atoms with E-state index in [-0.39, 0.29) is 11.8 Å². The van der Waals surface area contributed by atoms with Crippen LogP contribution in [0.2, 0.25) is 0 Å². The van der Waals surface area contributed by atoms with E-state index in [1.165, 1.54) is 0 Å². The van der Waals surface area contributed by atoms with Crippen LogP contribution in [0.3, 0.4) is 0 Å². The predicted molar refractivity (Wildman–Crippen MR) is 98.8 cm³/mol. The topological polar surface area (TPSA) is 121 Å². The Bertz CT molecular complexity index is 849. The van der Waals surface area contributed by atoms with E-state index >= 15 is 0 Å². The van der Waals surface area contributed by atoms with Crippen molar-refractivity contribution in [1.29, 1.82) is 5.41 Å². The molecule has 3 amide bonds. The van der Waals surface area contributed by atoms with Crippen molar-refractivity contribution >= 4 is 35.3 Å². The molecule has 0 radical (unpaired) electrons. The van der Waals surface area contributed by atoms with E-state index in [4.69, 9.17) is 5.41 Å². The first-order valence-electron chi connectivity index (χ1n) is 7.98. The van der Waals surface area contributed by atoms with E-state index in [1.54, 1.807) is 54.7 Å². The number of carbonyl (C=O) groups is 3. The lowest BCUT2D eigenvalue weighted by atomic mass is 10.3. The number of nitrogens with zero attached hydrogens (tertiary/aromatic N) is 2. The molecule has 0 aliphatic carbocycles. The summed E-state index contributed by atoms with van der Waals surface area (Å²) in [4.78, 5) is 35.1. The van der Waals surface area contributed by atoms with E-state index in [9.17, 15) is 14.4 Å². The summed E-state index contributed by atoms with van der Waals surface area (Å²) in [6.45, 7) is 2.07. The van der Waals surface area contributed by atoms with E-state index in [2.05, 4.69) is 16.0 Å². The molecule has 9 nitrogen and oxygen atoms in total. The Morgan fingerprint density at radius 1 is 1.08 bits per heavy atom. The highest BCUT2D eigenvalue weighted by atomic mass is 16.2. The van der Waals surface area contributed by atoms with Gasteiger partial charge < -0.3 is 30.5 Å². The van der Waals surface area contributed by atoms with E-state index in [0.29, 0.717) is 47.8 Å². The Balaban J connectivity index is 2.06. The molecule has 2 heterocycles. The lowest BCUT2D eigenvalue weighted by Gasteiger charge is -2.04. The van der Waals surface area contributed by atoms with Gasteiger partial charge in [-0.2, -0.15) is 0 Å². The lowest BCUT2D eigenvalue weighted by Crippen LogP contribution is -2.27. The summed E-state index contributed by atoms with van der Waals surface area (Å²) in [7, 11) is 3.40. The average molecular weight is 358 g/mol. The van der Waals surface area contributed by atoms with Crippen molar-refractivity contribution in [2.24, 2.45) is 14.1 Å². The number of carbonyl (C=O) groups excluding carboxylic acids is 3. The molecule has 0 aromatic carbocycles. The third-order valence-corrected chi connectivity index (χ3v) is 3.74. The molecule has 0 aliphatic rings. The van der Waals surface area contributed by atoms with Crippen LogP contribution in [0.15, 0.2) is 24.5 Å². The minimum Gasteiger partial charge on any atom is -0.350 e. The van der Waals surface area contributed by atoms with Crippen molar-refractivity contribution in [3.05, 3.63) is 35.9 Å². The van der Waals surface area contributed by atoms with Crippen molar-refractivity contribution in [2.45, 2.75) is 13.3 Å². The highest BCUT2D eigenvalue weighted by molar-refractivity contribution is 6.05. The third kappa shape index (κ3) is 4.59. The smallest absolute Gasteiger partial charge is 0.272 e. The van der Waals surface area contributed by atoms with Gasteiger partial charge in [0.05, 0.1) is 11.4 Å². The van der Waals surface area contributed by atoms with Crippen LogP contribution in [0.4, 0.5) is 11.4 Å². The van der Waals surface area contributed by atoms with Gasteiger partial charge in [0, 0.05) is 45.2 Å². The minimum absolute atomic E-state index is 0.273. The number of rotatable bonds is 8. The highest BCUT2D eigenvalue weighted by Crippen LogP contribution is 2.17. The van der Waals surface area contributed by atoms with Crippen LogP contribution >= 0.6 is 0 Å². The zero-order chi connectivity index (χ0) is 19.3. The summed E-state index contributed by atoms with van der Waals surface area (Å²) < 4.78 is 3.21. The number of hydrogen-bond acceptors (Lipinski definition) is 4. The van der Waals surface area contributed by atoms with Crippen LogP contribution in [-0.2, 0) is 18.9 Å². The molecule has 26 heavy (non-hydrogen) atoms. The molecule has 0 unspecified atom stereocenters. The molecule has 0 aliphatic heterocycles. The molecule has 0 spiro atoms. The van der Waals surface area contributed by atoms with Gasteiger partial charge in [0.1, 0.15) is 11.4 Å². The summed E-state index contributed by atoms with van der Waals surface area (Å²) in [6.07, 6.45) is 4.30. The summed E-state index contributed by atoms with van der Waals surface area (Å²) in [5.74, 6) is -0.631. The summed E-state index contributed by atoms with van der Waals surface area (Å²) in [5, 5.41) is 15.3. The number of nitrogens with one attached hydrogen (secondary N) is 4. The molecule has 2 rings (SSSR count). The third-order valence-electron chi connectivity index (χ3n) is 3.74. The Hall–Kier alpha value is -3.36. The molecular formula is C17H22N6O3. The van der Waals surface area contributed by atoms with Gasteiger partial charge in [-0.05, 0) is 19.1 Å². The number of aromatic nitrogens is 2. The van der Waals surface area contributed by atoms with Gasteiger partial charge in [0.2, 0.25) is 6.41 Å². The molecular weight excluding hydrogens is 336 g/mol. The lowest BCUT2D eigenvalue weighted by molar-refractivity contribution is -0.105. The van der Waals surface area contributed by atoms with E-state index < -0.39 is 0 Å². The number of amides is 3. The average Bonchev–Trinajstić information content (AvgIpc) is 3.10. The maximum atomic E-state index is 12.4. The normalized spacial score (nSPS) is 10.3. The molecule has 0 bridgehead atoms. The number of aryl methyl sites for hydroxylation is 2. The molecule has 4 N–H and O–H groups in total. The summed E-state index contributed by atoms with van der Waals surface area (Å²) >= 11 is 0. The second kappa shape index (κ2) is 8.15. The Labute approximate surface area is 150 Å². The Morgan fingerprint density at radius 3 is 2.27 bits per heavy atom. The molecule has 0 saturated carbocycles. The molecule has 2 aromatic rings. The molecule has 2 aromatic heterocycles. The Kier molecular flexibility index (Phi) is 5.94. The fourth-order valence-electron chi connectivity index (χ4n) is 2.45. The van der Waals surface area contributed by atoms with Gasteiger partial charge in [-0.25, -0.2) is 0 Å². The number of anilines is 2. The SMILES string of the molecule is CC(=N)CCNC(=O)c1cc(NC(=O)c2cc(NC=O)cn2C)cn1C. The monoisotopic (exact) mass is 358 g/mol. The van der Waals surface area contributed by atoms with E-state index in [1.807, 2.05) is 0 Å². The summed E-state index contributed by atoms with van der Waals surface area (Å²) in [6, 6.07) is 3.14. The standard InChI is InChI=1S/C17H22N6O3/c1-11(18)4-5-19-16(25)14-7-13(9-23(14)3)21-17(26)15-6-12(20-10-24)8-22(15)2/h6-10,18H,4-5H2,1-3H3,(H,19,25)(H,20,24)(H,21,26). The highest BCUT2D eigenvalue weighted by Gasteiger charge is 2.16. The van der Waals surface area contributed by atoms with Crippen molar-refractivity contribution in [3.63, 3.8) is 0 Å². The van der Waals surface area contributed by atoms with Crippen LogP contribution in [0, 0.1) is 5.41 Å². The van der Waals surface area contributed by atoms with E-state index in [0.717, 1.165) is 0 Å². The minimum atomic E-state index is -0.358. The zero-order valence-electron chi connectivity index (χ0n) is 14.9. The maximum Gasteiger partial charge on any atom is 0.272 e. The molecule has 0 saturated heterocycles.